The fourth-order valence-corrected chi connectivity index (χ4v) is 4.70. The van der Waals surface area contributed by atoms with Crippen LogP contribution in [0, 0.1) is 11.3 Å². The van der Waals surface area contributed by atoms with E-state index in [2.05, 4.69) is 5.32 Å². The normalized spacial score (nSPS) is 22.6. The maximum Gasteiger partial charge on any atom is 0.475 e. The molecule has 2 saturated heterocycles. The number of amides is 2. The van der Waals surface area contributed by atoms with E-state index < -0.39 is 61.9 Å². The Morgan fingerprint density at radius 3 is 2.61 bits per heavy atom. The van der Waals surface area contributed by atoms with E-state index in [0.29, 0.717) is 0 Å². The molecule has 2 fully saturated rings. The molecule has 206 valence electrons. The predicted octanol–water partition coefficient (Wildman–Crippen LogP) is 1.84. The van der Waals surface area contributed by atoms with Crippen LogP contribution in [0.1, 0.15) is 32.3 Å². The second kappa shape index (κ2) is 12.2. The van der Waals surface area contributed by atoms with Gasteiger partial charge in [0.25, 0.3) is 11.8 Å². The third-order valence-corrected chi connectivity index (χ3v) is 6.83. The van der Waals surface area contributed by atoms with Crippen molar-refractivity contribution in [2.75, 3.05) is 26.2 Å². The highest BCUT2D eigenvalue weighted by atomic mass is 19.3. The number of nitriles is 1. The number of benzene rings is 1. The number of nitrogens with one attached hydrogen (secondary N) is 1. The molecule has 3 rings (SSSR count). The van der Waals surface area contributed by atoms with Gasteiger partial charge in [-0.05, 0) is 31.9 Å². The smallest absolute Gasteiger partial charge is 0.447 e. The van der Waals surface area contributed by atoms with E-state index in [9.17, 15) is 38.1 Å². The van der Waals surface area contributed by atoms with Gasteiger partial charge in [-0.15, -0.1) is 0 Å². The molecule has 2 amide bonds. The van der Waals surface area contributed by atoms with Gasteiger partial charge in [-0.1, -0.05) is 30.3 Å². The van der Waals surface area contributed by atoms with E-state index in [-0.39, 0.29) is 37.9 Å². The molecule has 0 aliphatic carbocycles. The predicted molar refractivity (Wildman–Crippen MR) is 133 cm³/mol. The first-order valence-electron chi connectivity index (χ1n) is 12.4. The van der Waals surface area contributed by atoms with Gasteiger partial charge in [-0.2, -0.15) is 5.26 Å². The van der Waals surface area contributed by atoms with Crippen LogP contribution in [0.3, 0.4) is 0 Å². The summed E-state index contributed by atoms with van der Waals surface area (Å²) in [5.41, 5.74) is -0.601. The van der Waals surface area contributed by atoms with Crippen LogP contribution < -0.4 is 5.32 Å². The maximum atomic E-state index is 14.3. The highest BCUT2D eigenvalue weighted by Gasteiger charge is 2.44. The van der Waals surface area contributed by atoms with Crippen molar-refractivity contribution in [2.24, 2.45) is 0 Å². The number of halogens is 3. The molecule has 2 heterocycles. The van der Waals surface area contributed by atoms with E-state index in [1.165, 1.54) is 11.0 Å². The summed E-state index contributed by atoms with van der Waals surface area (Å²) < 4.78 is 46.9. The first kappa shape index (κ1) is 29.5. The summed E-state index contributed by atoms with van der Waals surface area (Å²) in [6.07, 6.45) is -1.42. The van der Waals surface area contributed by atoms with Crippen LogP contribution in [0.2, 0.25) is 0 Å². The van der Waals surface area contributed by atoms with Crippen LogP contribution in [-0.4, -0.2) is 94.8 Å². The standard InChI is InChI=1S/C25H32BF3N4O5/c1-24(2,32-9-8-25(28,29)16-32)12-18(13-30)22(34)33-14-19(27)11-20(33)15-38-23(35)31-21(26(36)37)10-17-6-4-3-5-7-17/h3-7,12,19-21,36-37H,8-11,14-16H2,1-2H3,(H,31,35)/t19-,20+,21-/m0/s1. The molecule has 13 heteroatoms. The minimum atomic E-state index is -2.85. The molecule has 2 aliphatic rings. The summed E-state index contributed by atoms with van der Waals surface area (Å²) in [6, 6.07) is 9.75. The third-order valence-electron chi connectivity index (χ3n) is 6.83. The molecule has 1 aromatic carbocycles. The van der Waals surface area contributed by atoms with E-state index in [0.717, 1.165) is 10.5 Å². The third kappa shape index (κ3) is 7.72. The number of likely N-dealkylation sites (tertiary alicyclic amines) is 2. The molecule has 0 unspecified atom stereocenters. The number of hydrogen-bond donors (Lipinski definition) is 3. The van der Waals surface area contributed by atoms with Gasteiger partial charge < -0.3 is 25.0 Å². The van der Waals surface area contributed by atoms with Gasteiger partial charge in [0, 0.05) is 24.9 Å². The zero-order valence-corrected chi connectivity index (χ0v) is 21.3. The summed E-state index contributed by atoms with van der Waals surface area (Å²) in [4.78, 5) is 28.1. The molecule has 3 N–H and O–H groups in total. The number of carbonyl (C=O) groups excluding carboxylic acids is 2. The van der Waals surface area contributed by atoms with Crippen molar-refractivity contribution in [3.05, 3.63) is 47.5 Å². The number of nitrogens with zero attached hydrogens (tertiary/aromatic N) is 3. The number of carbonyl (C=O) groups is 2. The monoisotopic (exact) mass is 536 g/mol. The highest BCUT2D eigenvalue weighted by Crippen LogP contribution is 2.33. The van der Waals surface area contributed by atoms with Crippen LogP contribution >= 0.6 is 0 Å². The molecule has 3 atom stereocenters. The summed E-state index contributed by atoms with van der Waals surface area (Å²) in [6.45, 7) is 2.12. The lowest BCUT2D eigenvalue weighted by Gasteiger charge is -2.33. The van der Waals surface area contributed by atoms with Gasteiger partial charge in [0.05, 0.1) is 25.1 Å². The molecule has 1 aromatic rings. The number of rotatable bonds is 9. The minimum Gasteiger partial charge on any atom is -0.447 e. The molecule has 9 nitrogen and oxygen atoms in total. The van der Waals surface area contributed by atoms with E-state index in [4.69, 9.17) is 4.74 Å². The van der Waals surface area contributed by atoms with Crippen LogP contribution in [0.25, 0.3) is 0 Å². The Bertz CT molecular complexity index is 1070. The molecule has 0 spiro atoms. The van der Waals surface area contributed by atoms with Crippen molar-refractivity contribution >= 4 is 19.1 Å². The molecule has 0 radical (unpaired) electrons. The van der Waals surface area contributed by atoms with Crippen molar-refractivity contribution in [1.29, 1.82) is 5.26 Å². The molecular formula is C25H32BF3N4O5. The molecule has 38 heavy (non-hydrogen) atoms. The van der Waals surface area contributed by atoms with Crippen molar-refractivity contribution in [3.8, 4) is 6.07 Å². The van der Waals surface area contributed by atoms with Gasteiger partial charge in [-0.3, -0.25) is 9.69 Å². The topological polar surface area (TPSA) is 126 Å². The first-order valence-corrected chi connectivity index (χ1v) is 12.4. The van der Waals surface area contributed by atoms with Gasteiger partial charge in [-0.25, -0.2) is 18.0 Å². The van der Waals surface area contributed by atoms with Crippen LogP contribution in [0.4, 0.5) is 18.0 Å². The summed E-state index contributed by atoms with van der Waals surface area (Å²) in [5, 5.41) is 31.3. The van der Waals surface area contributed by atoms with Crippen molar-refractivity contribution < 1.29 is 37.5 Å². The van der Waals surface area contributed by atoms with Crippen molar-refractivity contribution in [3.63, 3.8) is 0 Å². The van der Waals surface area contributed by atoms with E-state index in [1.807, 2.05) is 0 Å². The Hall–Kier alpha value is -3.08. The average molecular weight is 536 g/mol. The van der Waals surface area contributed by atoms with Crippen LogP contribution in [0.15, 0.2) is 42.0 Å². The second-order valence-electron chi connectivity index (χ2n) is 10.2. The molecule has 2 aliphatic heterocycles. The van der Waals surface area contributed by atoms with Crippen LogP contribution in [0.5, 0.6) is 0 Å². The lowest BCUT2D eigenvalue weighted by molar-refractivity contribution is -0.128. The number of hydrogen-bond acceptors (Lipinski definition) is 7. The zero-order chi connectivity index (χ0) is 28.1. The quantitative estimate of drug-likeness (QED) is 0.250. The molecule has 0 saturated carbocycles. The molecule has 0 aromatic heterocycles. The number of ether oxygens (including phenoxy) is 1. The summed E-state index contributed by atoms with van der Waals surface area (Å²) in [5.74, 6) is -4.71. The summed E-state index contributed by atoms with van der Waals surface area (Å²) in [7, 11) is -1.87. The second-order valence-corrected chi connectivity index (χ2v) is 10.2. The van der Waals surface area contributed by atoms with Gasteiger partial charge in [0.2, 0.25) is 0 Å². The SMILES string of the molecule is CC(C)(C=C(C#N)C(=O)N1C[C@@H](F)C[C@@H]1COC(=O)N[C@@H](Cc1ccccc1)B(O)O)N1CCC(F)(F)C1. The lowest BCUT2D eigenvalue weighted by Crippen LogP contribution is -2.49. The van der Waals surface area contributed by atoms with E-state index in [1.54, 1.807) is 50.2 Å². The highest BCUT2D eigenvalue weighted by molar-refractivity contribution is 6.43. The fraction of sp³-hybridized carbons (Fsp3) is 0.560. The molecular weight excluding hydrogens is 504 g/mol. The molecule has 0 bridgehead atoms. The Kier molecular flexibility index (Phi) is 9.46. The number of alkyl halides is 3. The van der Waals surface area contributed by atoms with Crippen molar-refractivity contribution in [1.82, 2.24) is 15.1 Å². The fourth-order valence-electron chi connectivity index (χ4n) is 4.70. The van der Waals surface area contributed by atoms with Crippen molar-refractivity contribution in [2.45, 2.75) is 62.7 Å². The Morgan fingerprint density at radius 1 is 1.34 bits per heavy atom. The lowest BCUT2D eigenvalue weighted by atomic mass is 9.76. The van der Waals surface area contributed by atoms with Crippen LogP contribution in [-0.2, 0) is 16.0 Å². The van der Waals surface area contributed by atoms with Gasteiger partial charge in [0.1, 0.15) is 24.4 Å². The van der Waals surface area contributed by atoms with Gasteiger partial charge >= 0.3 is 13.2 Å². The largest absolute Gasteiger partial charge is 0.475 e. The Balaban J connectivity index is 1.63. The van der Waals surface area contributed by atoms with Gasteiger partial charge in [0.15, 0.2) is 0 Å². The Labute approximate surface area is 220 Å². The van der Waals surface area contributed by atoms with E-state index >= 15 is 0 Å². The Morgan fingerprint density at radius 2 is 2.03 bits per heavy atom. The number of alkyl carbamates (subject to hydrolysis) is 1. The first-order chi connectivity index (χ1) is 17.8. The zero-order valence-electron chi connectivity index (χ0n) is 21.3. The summed E-state index contributed by atoms with van der Waals surface area (Å²) >= 11 is 0. The minimum absolute atomic E-state index is 0.0963. The maximum absolute atomic E-state index is 14.3. The average Bonchev–Trinajstić information content (AvgIpc) is 3.42.